The fraction of sp³-hybridized carbons (Fsp3) is 0.333. The first-order chi connectivity index (χ1) is 9.61. The van der Waals surface area contributed by atoms with Crippen LogP contribution < -0.4 is 0 Å². The van der Waals surface area contributed by atoms with Gasteiger partial charge in [0.25, 0.3) is 5.69 Å². The van der Waals surface area contributed by atoms with Gasteiger partial charge in [0, 0.05) is 30.6 Å². The molecule has 1 heterocycles. The smallest absolute Gasteiger partial charge is 0.272 e. The fourth-order valence-electron chi connectivity index (χ4n) is 2.18. The maximum Gasteiger partial charge on any atom is 0.272 e. The third-order valence-corrected chi connectivity index (χ3v) is 3.37. The van der Waals surface area contributed by atoms with Crippen LogP contribution in [0.5, 0.6) is 0 Å². The highest BCUT2D eigenvalue weighted by Gasteiger charge is 2.12. The lowest BCUT2D eigenvalue weighted by atomic mass is 10.1. The molecule has 2 rings (SSSR count). The van der Waals surface area contributed by atoms with Crippen molar-refractivity contribution in [1.82, 2.24) is 4.57 Å². The van der Waals surface area contributed by atoms with E-state index < -0.39 is 6.10 Å². The summed E-state index contributed by atoms with van der Waals surface area (Å²) < 4.78 is 1.95. The number of benzene rings is 1. The molecule has 2 aromatic rings. The minimum absolute atomic E-state index is 0.161. The van der Waals surface area contributed by atoms with E-state index in [-0.39, 0.29) is 10.6 Å². The second-order valence-corrected chi connectivity index (χ2v) is 4.74. The molecular formula is C15H18N2O3. The Morgan fingerprint density at radius 2 is 2.10 bits per heavy atom. The number of hydrogen-bond acceptors (Lipinski definition) is 3. The molecule has 5 heteroatoms. The van der Waals surface area contributed by atoms with Crippen molar-refractivity contribution in [2.45, 2.75) is 32.4 Å². The highest BCUT2D eigenvalue weighted by atomic mass is 16.6. The fourth-order valence-corrected chi connectivity index (χ4v) is 2.18. The van der Waals surface area contributed by atoms with Gasteiger partial charge in [0.2, 0.25) is 0 Å². The van der Waals surface area contributed by atoms with E-state index in [1.54, 1.807) is 12.1 Å². The van der Waals surface area contributed by atoms with Crippen LogP contribution >= 0.6 is 0 Å². The van der Waals surface area contributed by atoms with Crippen LogP contribution in [-0.2, 0) is 13.0 Å². The first-order valence-electron chi connectivity index (χ1n) is 6.68. The molecule has 0 aliphatic heterocycles. The van der Waals surface area contributed by atoms with Crippen LogP contribution in [0.25, 0.3) is 0 Å². The lowest BCUT2D eigenvalue weighted by Crippen LogP contribution is -2.02. The van der Waals surface area contributed by atoms with Gasteiger partial charge in [-0.05, 0) is 24.5 Å². The molecule has 20 heavy (non-hydrogen) atoms. The molecule has 0 aliphatic rings. The highest BCUT2D eigenvalue weighted by Crippen LogP contribution is 2.20. The maximum atomic E-state index is 10.9. The zero-order valence-electron chi connectivity index (χ0n) is 11.4. The number of rotatable bonds is 6. The van der Waals surface area contributed by atoms with Crippen molar-refractivity contribution in [1.29, 1.82) is 0 Å². The zero-order chi connectivity index (χ0) is 14.5. The molecule has 0 bridgehead atoms. The van der Waals surface area contributed by atoms with Crippen LogP contribution in [0.1, 0.15) is 30.6 Å². The number of nitro groups is 1. The Morgan fingerprint density at radius 3 is 2.80 bits per heavy atom. The van der Waals surface area contributed by atoms with Crippen molar-refractivity contribution >= 4 is 5.69 Å². The molecule has 5 nitrogen and oxygen atoms in total. The third-order valence-electron chi connectivity index (χ3n) is 3.37. The van der Waals surface area contributed by atoms with Gasteiger partial charge in [-0.3, -0.25) is 10.1 Å². The van der Waals surface area contributed by atoms with Crippen LogP contribution in [-0.4, -0.2) is 14.6 Å². The molecule has 1 aromatic carbocycles. The summed E-state index contributed by atoms with van der Waals surface area (Å²) in [4.78, 5) is 10.6. The summed E-state index contributed by atoms with van der Waals surface area (Å²) >= 11 is 0. The molecule has 1 N–H and O–H groups in total. The summed E-state index contributed by atoms with van der Waals surface area (Å²) in [6.07, 6.45) is 4.61. The van der Waals surface area contributed by atoms with E-state index in [0.717, 1.165) is 11.1 Å². The van der Waals surface area contributed by atoms with Crippen molar-refractivity contribution in [2.24, 2.45) is 0 Å². The van der Waals surface area contributed by atoms with Crippen LogP contribution in [0.2, 0.25) is 0 Å². The Labute approximate surface area is 117 Å². The average molecular weight is 274 g/mol. The van der Waals surface area contributed by atoms with Gasteiger partial charge in [-0.25, -0.2) is 0 Å². The van der Waals surface area contributed by atoms with Gasteiger partial charge in [-0.1, -0.05) is 25.1 Å². The van der Waals surface area contributed by atoms with Gasteiger partial charge in [0.15, 0.2) is 0 Å². The first kappa shape index (κ1) is 14.3. The Morgan fingerprint density at radius 1 is 1.35 bits per heavy atom. The van der Waals surface area contributed by atoms with E-state index in [0.29, 0.717) is 19.4 Å². The third kappa shape index (κ3) is 3.24. The molecule has 0 saturated heterocycles. The molecule has 0 aliphatic carbocycles. The van der Waals surface area contributed by atoms with E-state index >= 15 is 0 Å². The zero-order valence-corrected chi connectivity index (χ0v) is 11.4. The lowest BCUT2D eigenvalue weighted by molar-refractivity contribution is -0.385. The molecule has 0 radical (unpaired) electrons. The SMILES string of the molecule is CCC(O)c1ccn(CCc2ccccc2[N+](=O)[O-])c1. The molecule has 0 amide bonds. The van der Waals surface area contributed by atoms with Gasteiger partial charge < -0.3 is 9.67 Å². The van der Waals surface area contributed by atoms with E-state index in [2.05, 4.69) is 0 Å². The molecule has 106 valence electrons. The lowest BCUT2D eigenvalue weighted by Gasteiger charge is -2.06. The average Bonchev–Trinajstić information content (AvgIpc) is 2.93. The minimum Gasteiger partial charge on any atom is -0.388 e. The van der Waals surface area contributed by atoms with E-state index in [4.69, 9.17) is 0 Å². The van der Waals surface area contributed by atoms with Gasteiger partial charge in [-0.15, -0.1) is 0 Å². The molecule has 1 atom stereocenters. The summed E-state index contributed by atoms with van der Waals surface area (Å²) in [7, 11) is 0. The largest absolute Gasteiger partial charge is 0.388 e. The number of para-hydroxylation sites is 1. The Bertz CT molecular complexity index is 592. The topological polar surface area (TPSA) is 68.3 Å². The highest BCUT2D eigenvalue weighted by molar-refractivity contribution is 5.39. The van der Waals surface area contributed by atoms with Crippen LogP contribution in [0.3, 0.4) is 0 Å². The van der Waals surface area contributed by atoms with Crippen LogP contribution in [0, 0.1) is 10.1 Å². The number of aliphatic hydroxyl groups is 1. The van der Waals surface area contributed by atoms with Crippen molar-refractivity contribution < 1.29 is 10.0 Å². The monoisotopic (exact) mass is 274 g/mol. The van der Waals surface area contributed by atoms with E-state index in [1.165, 1.54) is 6.07 Å². The predicted molar refractivity (Wildman–Crippen MR) is 76.5 cm³/mol. The van der Waals surface area contributed by atoms with E-state index in [1.807, 2.05) is 36.0 Å². The number of aromatic nitrogens is 1. The molecule has 1 unspecified atom stereocenters. The second-order valence-electron chi connectivity index (χ2n) is 4.74. The molecule has 0 spiro atoms. The normalized spacial score (nSPS) is 12.3. The maximum absolute atomic E-state index is 10.9. The molecule has 0 saturated carbocycles. The summed E-state index contributed by atoms with van der Waals surface area (Å²) in [6, 6.07) is 8.67. The van der Waals surface area contributed by atoms with Gasteiger partial charge in [0.05, 0.1) is 11.0 Å². The first-order valence-corrected chi connectivity index (χ1v) is 6.68. The quantitative estimate of drug-likeness (QED) is 0.650. The number of aryl methyl sites for hydroxylation is 2. The minimum atomic E-state index is -0.442. The van der Waals surface area contributed by atoms with Gasteiger partial charge in [0.1, 0.15) is 0 Å². The van der Waals surface area contributed by atoms with Crippen molar-refractivity contribution in [3.8, 4) is 0 Å². The summed E-state index contributed by atoms with van der Waals surface area (Å²) in [6.45, 7) is 2.58. The van der Waals surface area contributed by atoms with Crippen molar-refractivity contribution in [2.75, 3.05) is 0 Å². The number of nitrogens with zero attached hydrogens (tertiary/aromatic N) is 2. The van der Waals surface area contributed by atoms with Crippen LogP contribution in [0.15, 0.2) is 42.7 Å². The molecule has 0 fully saturated rings. The summed E-state index contributed by atoms with van der Waals surface area (Å²) in [5, 5.41) is 20.7. The number of aliphatic hydroxyl groups excluding tert-OH is 1. The summed E-state index contributed by atoms with van der Waals surface area (Å²) in [5.74, 6) is 0. The van der Waals surface area contributed by atoms with E-state index in [9.17, 15) is 15.2 Å². The predicted octanol–water partition coefficient (Wildman–Crippen LogP) is 3.08. The Balaban J connectivity index is 2.06. The van der Waals surface area contributed by atoms with Gasteiger partial charge in [-0.2, -0.15) is 0 Å². The Hall–Kier alpha value is -2.14. The van der Waals surface area contributed by atoms with Crippen molar-refractivity contribution in [3.05, 3.63) is 64.0 Å². The Kier molecular flexibility index (Phi) is 4.53. The van der Waals surface area contributed by atoms with Gasteiger partial charge >= 0.3 is 0 Å². The molecule has 1 aromatic heterocycles. The molecular weight excluding hydrogens is 256 g/mol. The summed E-state index contributed by atoms with van der Waals surface area (Å²) in [5.41, 5.74) is 1.77. The number of nitro benzene ring substituents is 1. The second kappa shape index (κ2) is 6.34. The number of hydrogen-bond donors (Lipinski definition) is 1. The standard InChI is InChI=1S/C15H18N2O3/c1-2-15(18)13-8-10-16(11-13)9-7-12-5-3-4-6-14(12)17(19)20/h3-6,8,10-11,15,18H,2,7,9H2,1H3. The van der Waals surface area contributed by atoms with Crippen molar-refractivity contribution in [3.63, 3.8) is 0 Å². The van der Waals surface area contributed by atoms with Crippen LogP contribution in [0.4, 0.5) is 5.69 Å².